The maximum atomic E-state index is 15.3. The summed E-state index contributed by atoms with van der Waals surface area (Å²) in [5.74, 6) is 0.474. The van der Waals surface area contributed by atoms with Gasteiger partial charge in [-0.25, -0.2) is 0 Å². The van der Waals surface area contributed by atoms with Crippen LogP contribution in [-0.4, -0.2) is 64.8 Å². The van der Waals surface area contributed by atoms with Crippen molar-refractivity contribution in [1.29, 1.82) is 0 Å². The maximum Gasteiger partial charge on any atom is 0.266 e. The van der Waals surface area contributed by atoms with Crippen molar-refractivity contribution in [2.45, 2.75) is 62.7 Å². The van der Waals surface area contributed by atoms with Gasteiger partial charge in [0, 0.05) is 35.5 Å². The second-order valence-electron chi connectivity index (χ2n) is 16.4. The highest BCUT2D eigenvalue weighted by molar-refractivity contribution is 6.71. The molecule has 13 heteroatoms. The van der Waals surface area contributed by atoms with Crippen molar-refractivity contribution in [3.63, 3.8) is 0 Å². The van der Waals surface area contributed by atoms with Gasteiger partial charge in [0.05, 0.1) is 54.9 Å². The van der Waals surface area contributed by atoms with Crippen molar-refractivity contribution in [2.24, 2.45) is 5.92 Å². The first-order chi connectivity index (χ1) is 29.0. The number of amides is 2. The fourth-order valence-corrected chi connectivity index (χ4v) is 12.2. The molecule has 0 radical (unpaired) electrons. The minimum atomic E-state index is -2.96. The number of carbonyl (C=O) groups excluding carboxylic acids is 2. The number of nitrogens with zero attached hydrogens (tertiary/aromatic N) is 5. The van der Waals surface area contributed by atoms with Crippen molar-refractivity contribution in [3.05, 3.63) is 155 Å². The van der Waals surface area contributed by atoms with Crippen molar-refractivity contribution in [1.82, 2.24) is 15.0 Å². The number of hydrogen-bond acceptors (Lipinski definition) is 9. The lowest BCUT2D eigenvalue weighted by molar-refractivity contribution is -0.146. The zero-order valence-corrected chi connectivity index (χ0v) is 34.9. The van der Waals surface area contributed by atoms with Gasteiger partial charge in [0.25, 0.3) is 11.8 Å². The van der Waals surface area contributed by atoms with E-state index in [0.717, 1.165) is 11.1 Å². The van der Waals surface area contributed by atoms with Gasteiger partial charge in [-0.1, -0.05) is 78.9 Å². The Morgan fingerprint density at radius 1 is 0.883 bits per heavy atom. The molecule has 1 spiro atoms. The van der Waals surface area contributed by atoms with E-state index >= 15 is 4.79 Å². The van der Waals surface area contributed by atoms with E-state index in [1.54, 1.807) is 33.7 Å². The summed E-state index contributed by atoms with van der Waals surface area (Å²) in [5, 5.41) is 19.1. The molecule has 1 aromatic heterocycles. The van der Waals surface area contributed by atoms with E-state index in [-0.39, 0.29) is 36.4 Å². The van der Waals surface area contributed by atoms with Crippen LogP contribution in [0, 0.1) is 5.92 Å². The Kier molecular flexibility index (Phi) is 10.2. The Labute approximate surface area is 349 Å². The van der Waals surface area contributed by atoms with E-state index in [1.807, 2.05) is 135 Å². The van der Waals surface area contributed by atoms with Crippen molar-refractivity contribution < 1.29 is 33.7 Å². The highest BCUT2D eigenvalue weighted by Crippen LogP contribution is 2.60. The number of anilines is 3. The summed E-state index contributed by atoms with van der Waals surface area (Å²) < 4.78 is 20.8. The van der Waals surface area contributed by atoms with E-state index in [2.05, 4.69) is 10.3 Å². The van der Waals surface area contributed by atoms with Crippen LogP contribution < -0.4 is 19.3 Å². The molecule has 5 atom stereocenters. The largest absolute Gasteiger partial charge is 0.497 e. The van der Waals surface area contributed by atoms with E-state index in [1.165, 1.54) is 0 Å². The summed E-state index contributed by atoms with van der Waals surface area (Å²) in [7, 11) is -1.36. The third-order valence-corrected chi connectivity index (χ3v) is 14.8. The topological polar surface area (TPSA) is 139 Å². The predicted octanol–water partition coefficient (Wildman–Crippen LogP) is 7.93. The zero-order chi connectivity index (χ0) is 41.8. The predicted molar refractivity (Wildman–Crippen MR) is 229 cm³/mol. The third kappa shape index (κ3) is 6.67. The average Bonchev–Trinajstić information content (AvgIpc) is 3.88. The van der Waals surface area contributed by atoms with Crippen LogP contribution in [0.3, 0.4) is 0 Å². The Bertz CT molecular complexity index is 2580. The SMILES string of the molecule is COc1ccc2c(c1)[C@]1(O[C@@H](CCn3cc(C(CO)c4ccccc4)nn3)[C@H]([Si](C)(C)O)[C@H]1C)C(=O)N2Cc1cccc(N2C(=O)c3ccccc3Oc3ccccc32)c1. The number of methoxy groups -OCH3 is 1. The summed E-state index contributed by atoms with van der Waals surface area (Å²) in [6.45, 7) is 6.35. The van der Waals surface area contributed by atoms with E-state index in [0.29, 0.717) is 64.1 Å². The monoisotopic (exact) mass is 821 g/mol. The van der Waals surface area contributed by atoms with Crippen molar-refractivity contribution in [2.75, 3.05) is 23.5 Å². The quantitative estimate of drug-likeness (QED) is 0.125. The molecule has 12 nitrogen and oxygen atoms in total. The van der Waals surface area contributed by atoms with Crippen LogP contribution in [0.5, 0.6) is 17.2 Å². The van der Waals surface area contributed by atoms with E-state index < -0.39 is 25.9 Å². The second kappa shape index (κ2) is 15.5. The summed E-state index contributed by atoms with van der Waals surface area (Å²) in [6.07, 6.45) is 1.84. The summed E-state index contributed by atoms with van der Waals surface area (Å²) in [6, 6.07) is 37.7. The smallest absolute Gasteiger partial charge is 0.266 e. The first kappa shape index (κ1) is 39.3. The first-order valence-electron chi connectivity index (χ1n) is 20.3. The molecule has 1 saturated heterocycles. The van der Waals surface area contributed by atoms with Crippen LogP contribution in [0.2, 0.25) is 18.6 Å². The normalized spacial score (nSPS) is 21.3. The Morgan fingerprint density at radius 3 is 2.40 bits per heavy atom. The van der Waals surface area contributed by atoms with Crippen LogP contribution in [0.1, 0.15) is 52.0 Å². The molecular weight excluding hydrogens is 775 g/mol. The lowest BCUT2D eigenvalue weighted by Gasteiger charge is -2.32. The van der Waals surface area contributed by atoms with Gasteiger partial charge in [-0.15, -0.1) is 5.10 Å². The minimum absolute atomic E-state index is 0.111. The molecule has 4 heterocycles. The van der Waals surface area contributed by atoms with Gasteiger partial charge in [-0.05, 0) is 85.2 Å². The molecule has 3 aliphatic rings. The fourth-order valence-electron chi connectivity index (χ4n) is 9.55. The Balaban J connectivity index is 1.03. The highest BCUT2D eigenvalue weighted by Gasteiger charge is 2.66. The highest BCUT2D eigenvalue weighted by atomic mass is 28.4. The van der Waals surface area contributed by atoms with Crippen LogP contribution >= 0.6 is 0 Å². The number of rotatable bonds is 11. The number of aliphatic hydroxyl groups is 1. The molecule has 6 aromatic rings. The van der Waals surface area contributed by atoms with Crippen LogP contribution in [0.25, 0.3) is 0 Å². The van der Waals surface area contributed by atoms with Gasteiger partial charge in [0.15, 0.2) is 19.7 Å². The molecule has 0 bridgehead atoms. The standard InChI is InChI=1S/C47H47N5O7Si/c1-30-44(60(3,4)56)43(23-24-50-28-38(48-49-50)36(29-53)32-14-6-5-7-15-32)59-47(30)37-26-34(57-2)21-22-39(37)51(46(47)55)27-31-13-12-16-33(25-31)52-40-18-9-11-20-42(40)58-41-19-10-8-17-35(41)45(52)54/h5-22,25-26,28,30,36,43-44,53,56H,23-24,27,29H2,1-4H3/t30-,36?,43+,44-,47+/m1/s1. The molecule has 306 valence electrons. The van der Waals surface area contributed by atoms with Gasteiger partial charge < -0.3 is 29.0 Å². The fraction of sp³-hybridized carbons (Fsp3) is 0.277. The molecule has 0 aliphatic carbocycles. The number of fused-ring (bicyclic) bond motifs is 4. The molecule has 1 unspecified atom stereocenters. The zero-order valence-electron chi connectivity index (χ0n) is 33.9. The molecule has 9 rings (SSSR count). The molecular formula is C47H47N5O7Si. The molecule has 60 heavy (non-hydrogen) atoms. The van der Waals surface area contributed by atoms with Crippen LogP contribution in [0.15, 0.2) is 128 Å². The third-order valence-electron chi connectivity index (χ3n) is 12.3. The Hall–Kier alpha value is -6.12. The van der Waals surface area contributed by atoms with Crippen LogP contribution in [0.4, 0.5) is 17.1 Å². The molecule has 2 amide bonds. The molecule has 0 saturated carbocycles. The summed E-state index contributed by atoms with van der Waals surface area (Å²) in [4.78, 5) is 44.9. The van der Waals surface area contributed by atoms with Gasteiger partial charge in [-0.3, -0.25) is 19.2 Å². The molecule has 5 aromatic carbocycles. The number of ether oxygens (including phenoxy) is 3. The van der Waals surface area contributed by atoms with Crippen LogP contribution in [-0.2, 0) is 28.2 Å². The Morgan fingerprint density at radius 2 is 1.63 bits per heavy atom. The summed E-state index contributed by atoms with van der Waals surface area (Å²) >= 11 is 0. The number of aryl methyl sites for hydroxylation is 1. The maximum absolute atomic E-state index is 15.3. The lowest BCUT2D eigenvalue weighted by atomic mass is 9.82. The van der Waals surface area contributed by atoms with Gasteiger partial charge in [-0.2, -0.15) is 0 Å². The van der Waals surface area contributed by atoms with Gasteiger partial charge in [0.2, 0.25) is 0 Å². The molecule has 2 N–H and O–H groups in total. The van der Waals surface area contributed by atoms with E-state index in [4.69, 9.17) is 14.2 Å². The minimum Gasteiger partial charge on any atom is -0.497 e. The molecule has 3 aliphatic heterocycles. The number of aromatic nitrogens is 3. The number of aliphatic hydroxyl groups excluding tert-OH is 1. The number of hydrogen-bond donors (Lipinski definition) is 2. The van der Waals surface area contributed by atoms with E-state index in [9.17, 15) is 14.7 Å². The summed E-state index contributed by atoms with van der Waals surface area (Å²) in [5.41, 5.74) is 3.78. The number of carbonyl (C=O) groups is 2. The molecule has 1 fully saturated rings. The van der Waals surface area contributed by atoms with Crippen molar-refractivity contribution in [3.8, 4) is 17.2 Å². The van der Waals surface area contributed by atoms with Crippen molar-refractivity contribution >= 4 is 37.2 Å². The number of benzene rings is 5. The first-order valence-corrected chi connectivity index (χ1v) is 23.3. The lowest BCUT2D eigenvalue weighted by Crippen LogP contribution is -2.46. The van der Waals surface area contributed by atoms with Gasteiger partial charge in [0.1, 0.15) is 11.5 Å². The second-order valence-corrected chi connectivity index (χ2v) is 20.3. The number of para-hydroxylation sites is 3. The van der Waals surface area contributed by atoms with Gasteiger partial charge >= 0.3 is 0 Å². The average molecular weight is 822 g/mol.